The molecule has 0 radical (unpaired) electrons. The number of carbonyl (C=O) groups is 1. The standard InChI is InChI=1S/C12H15N3O5S/c1-8-11(5-10(20-8)12(16)17)21(18,19)14-4-3-9-6-13-15(2)7-9/h5-7,14H,3-4H2,1-2H3,(H,16,17). The second-order valence-corrected chi connectivity index (χ2v) is 6.24. The minimum Gasteiger partial charge on any atom is -0.475 e. The van der Waals surface area contributed by atoms with Crippen molar-refractivity contribution in [2.75, 3.05) is 6.54 Å². The van der Waals surface area contributed by atoms with Crippen LogP contribution in [0.4, 0.5) is 0 Å². The first-order valence-electron chi connectivity index (χ1n) is 6.10. The van der Waals surface area contributed by atoms with Crippen molar-refractivity contribution >= 4 is 16.0 Å². The third-order valence-corrected chi connectivity index (χ3v) is 4.41. The Balaban J connectivity index is 2.06. The molecule has 0 saturated carbocycles. The van der Waals surface area contributed by atoms with Gasteiger partial charge >= 0.3 is 5.97 Å². The number of furan rings is 1. The second kappa shape index (κ2) is 5.70. The van der Waals surface area contributed by atoms with E-state index in [9.17, 15) is 13.2 Å². The zero-order chi connectivity index (χ0) is 15.6. The maximum atomic E-state index is 12.1. The van der Waals surface area contributed by atoms with Gasteiger partial charge in [-0.25, -0.2) is 17.9 Å². The Morgan fingerprint density at radius 1 is 1.52 bits per heavy atom. The summed E-state index contributed by atoms with van der Waals surface area (Å²) < 4.78 is 33.1. The van der Waals surface area contributed by atoms with Gasteiger partial charge in [-0.2, -0.15) is 5.10 Å². The van der Waals surface area contributed by atoms with Gasteiger partial charge in [-0.05, 0) is 18.9 Å². The van der Waals surface area contributed by atoms with Crippen LogP contribution in [0.3, 0.4) is 0 Å². The molecule has 0 amide bonds. The van der Waals surface area contributed by atoms with Crippen molar-refractivity contribution in [1.29, 1.82) is 0 Å². The molecule has 0 fully saturated rings. The molecule has 9 heteroatoms. The second-order valence-electron chi connectivity index (χ2n) is 4.51. The van der Waals surface area contributed by atoms with E-state index in [1.807, 2.05) is 0 Å². The van der Waals surface area contributed by atoms with Crippen molar-refractivity contribution in [3.05, 3.63) is 35.5 Å². The average Bonchev–Trinajstić information content (AvgIpc) is 2.96. The molecule has 21 heavy (non-hydrogen) atoms. The third kappa shape index (κ3) is 3.50. The van der Waals surface area contributed by atoms with Crippen molar-refractivity contribution in [3.8, 4) is 0 Å². The first-order chi connectivity index (χ1) is 9.79. The lowest BCUT2D eigenvalue weighted by atomic mass is 10.3. The van der Waals surface area contributed by atoms with Crippen LogP contribution in [0.1, 0.15) is 21.9 Å². The highest BCUT2D eigenvalue weighted by Crippen LogP contribution is 2.19. The van der Waals surface area contributed by atoms with Gasteiger partial charge in [0.25, 0.3) is 0 Å². The van der Waals surface area contributed by atoms with E-state index < -0.39 is 21.8 Å². The highest BCUT2D eigenvalue weighted by molar-refractivity contribution is 7.89. The summed E-state index contributed by atoms with van der Waals surface area (Å²) in [6.07, 6.45) is 3.93. The first kappa shape index (κ1) is 15.3. The Morgan fingerprint density at radius 3 is 2.76 bits per heavy atom. The summed E-state index contributed by atoms with van der Waals surface area (Å²) in [5.74, 6) is -1.67. The number of carboxylic acid groups (broad SMARTS) is 1. The molecule has 2 aromatic rings. The molecule has 0 aliphatic rings. The maximum Gasteiger partial charge on any atom is 0.371 e. The number of rotatable bonds is 6. The number of nitrogens with one attached hydrogen (secondary N) is 1. The smallest absolute Gasteiger partial charge is 0.371 e. The fraction of sp³-hybridized carbons (Fsp3) is 0.333. The van der Waals surface area contributed by atoms with Gasteiger partial charge in [0.05, 0.1) is 6.20 Å². The van der Waals surface area contributed by atoms with Crippen LogP contribution in [0.25, 0.3) is 0 Å². The lowest BCUT2D eigenvalue weighted by Gasteiger charge is -2.04. The van der Waals surface area contributed by atoms with Crippen LogP contribution >= 0.6 is 0 Å². The molecule has 0 spiro atoms. The molecule has 0 unspecified atom stereocenters. The van der Waals surface area contributed by atoms with E-state index in [-0.39, 0.29) is 17.2 Å². The molecule has 0 aromatic carbocycles. The van der Waals surface area contributed by atoms with Gasteiger partial charge in [0.1, 0.15) is 10.7 Å². The Bertz CT molecular complexity index is 760. The van der Waals surface area contributed by atoms with Gasteiger partial charge in [-0.1, -0.05) is 0 Å². The van der Waals surface area contributed by atoms with Crippen molar-refractivity contribution < 1.29 is 22.7 Å². The number of aromatic carboxylic acids is 1. The molecule has 2 heterocycles. The molecular weight excluding hydrogens is 298 g/mol. The van der Waals surface area contributed by atoms with Crippen molar-refractivity contribution in [1.82, 2.24) is 14.5 Å². The molecular formula is C12H15N3O5S. The van der Waals surface area contributed by atoms with Gasteiger partial charge in [-0.15, -0.1) is 0 Å². The molecule has 0 aliphatic heterocycles. The van der Waals surface area contributed by atoms with Gasteiger partial charge in [-0.3, -0.25) is 4.68 Å². The van der Waals surface area contributed by atoms with Crippen molar-refractivity contribution in [2.45, 2.75) is 18.2 Å². The van der Waals surface area contributed by atoms with Crippen LogP contribution in [-0.2, 0) is 23.5 Å². The van der Waals surface area contributed by atoms with E-state index in [2.05, 4.69) is 9.82 Å². The minimum atomic E-state index is -3.80. The Kier molecular flexibility index (Phi) is 4.14. The van der Waals surface area contributed by atoms with Gasteiger partial charge in [0.2, 0.25) is 15.8 Å². The number of aryl methyl sites for hydroxylation is 2. The van der Waals surface area contributed by atoms with Crippen LogP contribution in [-0.4, -0.2) is 35.8 Å². The SMILES string of the molecule is Cc1oc(C(=O)O)cc1S(=O)(=O)NCCc1cnn(C)c1. The number of aromatic nitrogens is 2. The predicted molar refractivity (Wildman–Crippen MR) is 72.5 cm³/mol. The minimum absolute atomic E-state index is 0.0428. The number of hydrogen-bond donors (Lipinski definition) is 2. The zero-order valence-electron chi connectivity index (χ0n) is 11.5. The largest absolute Gasteiger partial charge is 0.475 e. The highest BCUT2D eigenvalue weighted by Gasteiger charge is 2.23. The number of nitrogens with zero attached hydrogens (tertiary/aromatic N) is 2. The normalized spacial score (nSPS) is 11.7. The van der Waals surface area contributed by atoms with E-state index in [0.717, 1.165) is 11.6 Å². The van der Waals surface area contributed by atoms with E-state index in [4.69, 9.17) is 9.52 Å². The molecule has 0 atom stereocenters. The summed E-state index contributed by atoms with van der Waals surface area (Å²) in [5, 5.41) is 12.8. The van der Waals surface area contributed by atoms with Gasteiger partial charge in [0.15, 0.2) is 0 Å². The molecule has 2 aromatic heterocycles. The van der Waals surface area contributed by atoms with Crippen LogP contribution in [0, 0.1) is 6.92 Å². The highest BCUT2D eigenvalue weighted by atomic mass is 32.2. The third-order valence-electron chi connectivity index (χ3n) is 2.84. The summed E-state index contributed by atoms with van der Waals surface area (Å²) >= 11 is 0. The van der Waals surface area contributed by atoms with Crippen LogP contribution in [0.5, 0.6) is 0 Å². The maximum absolute atomic E-state index is 12.1. The van der Waals surface area contributed by atoms with Crippen LogP contribution < -0.4 is 4.72 Å². The topological polar surface area (TPSA) is 114 Å². The van der Waals surface area contributed by atoms with Crippen LogP contribution in [0.15, 0.2) is 27.8 Å². The first-order valence-corrected chi connectivity index (χ1v) is 7.59. The number of sulfonamides is 1. The lowest BCUT2D eigenvalue weighted by molar-refractivity contribution is 0.0661. The summed E-state index contributed by atoms with van der Waals surface area (Å²) in [5.41, 5.74) is 0.898. The molecule has 2 rings (SSSR count). The zero-order valence-corrected chi connectivity index (χ0v) is 12.3. The Labute approximate surface area is 121 Å². The summed E-state index contributed by atoms with van der Waals surface area (Å²) in [4.78, 5) is 10.6. The molecule has 0 bridgehead atoms. The lowest BCUT2D eigenvalue weighted by Crippen LogP contribution is -2.26. The van der Waals surface area contributed by atoms with E-state index in [0.29, 0.717) is 6.42 Å². The Morgan fingerprint density at radius 2 is 2.24 bits per heavy atom. The molecule has 0 saturated heterocycles. The molecule has 114 valence electrons. The fourth-order valence-corrected chi connectivity index (χ4v) is 3.05. The van der Waals surface area contributed by atoms with Crippen LogP contribution in [0.2, 0.25) is 0 Å². The summed E-state index contributed by atoms with van der Waals surface area (Å²) in [6, 6.07) is 1.00. The monoisotopic (exact) mass is 313 g/mol. The fourth-order valence-electron chi connectivity index (χ4n) is 1.85. The summed E-state index contributed by atoms with van der Waals surface area (Å²) in [6.45, 7) is 1.59. The summed E-state index contributed by atoms with van der Waals surface area (Å²) in [7, 11) is -2.03. The van der Waals surface area contributed by atoms with Crippen molar-refractivity contribution in [2.24, 2.45) is 7.05 Å². The van der Waals surface area contributed by atoms with E-state index >= 15 is 0 Å². The molecule has 2 N–H and O–H groups in total. The quantitative estimate of drug-likeness (QED) is 0.804. The molecule has 8 nitrogen and oxygen atoms in total. The van der Waals surface area contributed by atoms with E-state index in [1.54, 1.807) is 24.1 Å². The number of hydrogen-bond acceptors (Lipinski definition) is 5. The predicted octanol–water partition coefficient (Wildman–Crippen LogP) is 0.541. The van der Waals surface area contributed by atoms with Crippen molar-refractivity contribution in [3.63, 3.8) is 0 Å². The Hall–Kier alpha value is -2.13. The van der Waals surface area contributed by atoms with Gasteiger partial charge < -0.3 is 9.52 Å². The number of carboxylic acids is 1. The molecule has 0 aliphatic carbocycles. The van der Waals surface area contributed by atoms with E-state index in [1.165, 1.54) is 6.92 Å². The van der Waals surface area contributed by atoms with Gasteiger partial charge in [0, 0.05) is 25.9 Å². The average molecular weight is 313 g/mol.